The summed E-state index contributed by atoms with van der Waals surface area (Å²) in [7, 11) is 0. The van der Waals surface area contributed by atoms with Crippen LogP contribution in [-0.2, 0) is 0 Å². The van der Waals surface area contributed by atoms with E-state index in [1.165, 1.54) is 6.07 Å². The summed E-state index contributed by atoms with van der Waals surface area (Å²) in [5, 5.41) is 0.0871. The van der Waals surface area contributed by atoms with E-state index in [2.05, 4.69) is 4.74 Å². The van der Waals surface area contributed by atoms with Crippen LogP contribution in [0.4, 0.5) is 13.2 Å². The van der Waals surface area contributed by atoms with Crippen molar-refractivity contribution >= 4 is 29.0 Å². The molecule has 0 saturated heterocycles. The van der Waals surface area contributed by atoms with Crippen LogP contribution in [0.5, 0.6) is 5.75 Å². The number of carbonyl (C=O) groups excluding carboxylic acids is 1. The first-order valence-corrected chi connectivity index (χ1v) is 5.89. The maximum Gasteiger partial charge on any atom is 0.573 e. The monoisotopic (exact) mass is 300 g/mol. The highest BCUT2D eigenvalue weighted by Crippen LogP contribution is 2.28. The fraction of sp³-hybridized carbons (Fsp3) is 0.364. The second-order valence-corrected chi connectivity index (χ2v) is 4.19. The molecular formula is C11H9Cl2F3O2. The van der Waals surface area contributed by atoms with Crippen LogP contribution in [0.1, 0.15) is 23.2 Å². The topological polar surface area (TPSA) is 26.3 Å². The molecule has 7 heteroatoms. The molecule has 0 saturated carbocycles. The highest BCUT2D eigenvalue weighted by Gasteiger charge is 2.31. The largest absolute Gasteiger partial charge is 0.573 e. The molecule has 0 radical (unpaired) electrons. The summed E-state index contributed by atoms with van der Waals surface area (Å²) in [5.74, 6) is -0.545. The van der Waals surface area contributed by atoms with E-state index in [9.17, 15) is 18.0 Å². The van der Waals surface area contributed by atoms with Crippen LogP contribution in [0.25, 0.3) is 0 Å². The lowest BCUT2D eigenvalue weighted by Gasteiger charge is -2.10. The number of alkyl halides is 4. The van der Waals surface area contributed by atoms with Crippen LogP contribution >= 0.6 is 23.2 Å². The lowest BCUT2D eigenvalue weighted by Crippen LogP contribution is -2.17. The second-order valence-electron chi connectivity index (χ2n) is 3.41. The minimum atomic E-state index is -4.80. The molecule has 1 rings (SSSR count). The fourth-order valence-corrected chi connectivity index (χ4v) is 1.63. The van der Waals surface area contributed by atoms with Gasteiger partial charge in [-0.2, -0.15) is 0 Å². The number of ketones is 1. The quantitative estimate of drug-likeness (QED) is 0.593. The number of carbonyl (C=O) groups is 1. The van der Waals surface area contributed by atoms with Gasteiger partial charge in [-0.3, -0.25) is 4.79 Å². The van der Waals surface area contributed by atoms with E-state index in [0.29, 0.717) is 12.3 Å². The minimum Gasteiger partial charge on any atom is -0.406 e. The average molecular weight is 301 g/mol. The molecule has 0 aliphatic carbocycles. The van der Waals surface area contributed by atoms with E-state index >= 15 is 0 Å². The average Bonchev–Trinajstić information content (AvgIpc) is 2.26. The van der Waals surface area contributed by atoms with Crippen molar-refractivity contribution in [3.8, 4) is 5.75 Å². The van der Waals surface area contributed by atoms with E-state index in [-0.39, 0.29) is 22.8 Å². The summed E-state index contributed by atoms with van der Waals surface area (Å²) in [4.78, 5) is 11.7. The van der Waals surface area contributed by atoms with Gasteiger partial charge in [0.15, 0.2) is 5.78 Å². The molecule has 0 atom stereocenters. The predicted molar refractivity (Wildman–Crippen MR) is 62.4 cm³/mol. The first kappa shape index (κ1) is 15.1. The van der Waals surface area contributed by atoms with Crippen LogP contribution in [0.15, 0.2) is 18.2 Å². The van der Waals surface area contributed by atoms with Crippen molar-refractivity contribution in [3.05, 3.63) is 28.8 Å². The lowest BCUT2D eigenvalue weighted by molar-refractivity contribution is -0.274. The summed E-state index contributed by atoms with van der Waals surface area (Å²) in [6.07, 6.45) is -4.25. The molecule has 0 amide bonds. The van der Waals surface area contributed by atoms with Gasteiger partial charge in [-0.1, -0.05) is 11.6 Å². The maximum atomic E-state index is 12.0. The molecule has 0 bridgehead atoms. The van der Waals surface area contributed by atoms with Crippen molar-refractivity contribution in [2.75, 3.05) is 5.88 Å². The van der Waals surface area contributed by atoms with Crippen molar-refractivity contribution in [3.63, 3.8) is 0 Å². The van der Waals surface area contributed by atoms with Crippen LogP contribution in [0.3, 0.4) is 0 Å². The van der Waals surface area contributed by atoms with Crippen LogP contribution < -0.4 is 4.74 Å². The number of halogens is 5. The third kappa shape index (κ3) is 4.74. The van der Waals surface area contributed by atoms with E-state index < -0.39 is 12.1 Å². The van der Waals surface area contributed by atoms with Gasteiger partial charge in [0.2, 0.25) is 0 Å². The van der Waals surface area contributed by atoms with Crippen molar-refractivity contribution in [2.45, 2.75) is 19.2 Å². The molecular weight excluding hydrogens is 292 g/mol. The molecule has 0 heterocycles. The summed E-state index contributed by atoms with van der Waals surface area (Å²) < 4.78 is 39.8. The predicted octanol–water partition coefficient (Wildman–Crippen LogP) is 4.44. The molecule has 0 unspecified atom stereocenters. The van der Waals surface area contributed by atoms with Gasteiger partial charge in [-0.05, 0) is 24.6 Å². The smallest absolute Gasteiger partial charge is 0.406 e. The van der Waals surface area contributed by atoms with Crippen molar-refractivity contribution in [1.82, 2.24) is 0 Å². The Labute approximate surface area is 112 Å². The molecule has 0 aliphatic heterocycles. The van der Waals surface area contributed by atoms with Gasteiger partial charge in [0, 0.05) is 17.9 Å². The Morgan fingerprint density at radius 2 is 2.00 bits per heavy atom. The van der Waals surface area contributed by atoms with Gasteiger partial charge in [0.1, 0.15) is 5.75 Å². The van der Waals surface area contributed by atoms with Gasteiger partial charge in [-0.15, -0.1) is 24.8 Å². The zero-order chi connectivity index (χ0) is 13.8. The highest BCUT2D eigenvalue weighted by molar-refractivity contribution is 6.34. The van der Waals surface area contributed by atoms with Crippen molar-refractivity contribution < 1.29 is 22.7 Å². The van der Waals surface area contributed by atoms with Crippen molar-refractivity contribution in [1.29, 1.82) is 0 Å². The Morgan fingerprint density at radius 3 is 2.56 bits per heavy atom. The molecule has 100 valence electrons. The molecule has 1 aromatic rings. The molecule has 18 heavy (non-hydrogen) atoms. The van der Waals surface area contributed by atoms with E-state index in [4.69, 9.17) is 23.2 Å². The third-order valence-electron chi connectivity index (χ3n) is 2.01. The number of hydrogen-bond donors (Lipinski definition) is 0. The van der Waals surface area contributed by atoms with Crippen molar-refractivity contribution in [2.24, 2.45) is 0 Å². The van der Waals surface area contributed by atoms with E-state index in [1.54, 1.807) is 0 Å². The molecule has 0 fully saturated rings. The Balaban J connectivity index is 2.91. The molecule has 0 N–H and O–H groups in total. The van der Waals surface area contributed by atoms with E-state index in [0.717, 1.165) is 12.1 Å². The molecule has 1 aromatic carbocycles. The van der Waals surface area contributed by atoms with Gasteiger partial charge >= 0.3 is 6.36 Å². The number of rotatable bonds is 5. The zero-order valence-electron chi connectivity index (χ0n) is 9.06. The zero-order valence-corrected chi connectivity index (χ0v) is 10.6. The summed E-state index contributed by atoms with van der Waals surface area (Å²) in [6, 6.07) is 3.22. The molecule has 0 spiro atoms. The Bertz CT molecular complexity index is 433. The summed E-state index contributed by atoms with van der Waals surface area (Å²) in [6.45, 7) is 0. The highest BCUT2D eigenvalue weighted by atomic mass is 35.5. The SMILES string of the molecule is O=C(CCCCl)c1cc(OC(F)(F)F)ccc1Cl. The van der Waals surface area contributed by atoms with Crippen LogP contribution in [-0.4, -0.2) is 18.0 Å². The molecule has 0 aliphatic rings. The molecule has 2 nitrogen and oxygen atoms in total. The first-order chi connectivity index (χ1) is 8.33. The Morgan fingerprint density at radius 1 is 1.33 bits per heavy atom. The molecule has 0 aromatic heterocycles. The minimum absolute atomic E-state index is 0.00327. The Kier molecular flexibility index (Phi) is 5.28. The number of hydrogen-bond acceptors (Lipinski definition) is 2. The number of ether oxygens (including phenoxy) is 1. The van der Waals surface area contributed by atoms with Gasteiger partial charge in [0.05, 0.1) is 5.02 Å². The van der Waals surface area contributed by atoms with Crippen LogP contribution in [0.2, 0.25) is 5.02 Å². The fourth-order valence-electron chi connectivity index (χ4n) is 1.28. The van der Waals surface area contributed by atoms with Crippen LogP contribution in [0, 0.1) is 0 Å². The maximum absolute atomic E-state index is 12.0. The number of benzene rings is 1. The van der Waals surface area contributed by atoms with E-state index in [1.807, 2.05) is 0 Å². The third-order valence-corrected chi connectivity index (χ3v) is 2.61. The van der Waals surface area contributed by atoms with Gasteiger partial charge in [0.25, 0.3) is 0 Å². The number of Topliss-reactive ketones (excluding diaryl/α,β-unsaturated/α-hetero) is 1. The standard InChI is InChI=1S/C11H9Cl2F3O2/c12-5-1-2-10(17)8-6-7(3-4-9(8)13)18-11(14,15)16/h3-4,6H,1-2,5H2. The summed E-state index contributed by atoms with van der Waals surface area (Å²) in [5.41, 5.74) is 0.00327. The lowest BCUT2D eigenvalue weighted by atomic mass is 10.1. The summed E-state index contributed by atoms with van der Waals surface area (Å²) >= 11 is 11.2. The van der Waals surface area contributed by atoms with Gasteiger partial charge in [-0.25, -0.2) is 0 Å². The normalized spacial score (nSPS) is 11.4. The first-order valence-electron chi connectivity index (χ1n) is 4.98. The second kappa shape index (κ2) is 6.29. The van der Waals surface area contributed by atoms with Gasteiger partial charge < -0.3 is 4.74 Å². The Hall–Kier alpha value is -0.940.